The van der Waals surface area contributed by atoms with Gasteiger partial charge in [0.05, 0.1) is 0 Å². The molecule has 0 aromatic heterocycles. The van der Waals surface area contributed by atoms with Gasteiger partial charge in [0.2, 0.25) is 0 Å². The van der Waals surface area contributed by atoms with E-state index in [0.29, 0.717) is 0 Å². The quantitative estimate of drug-likeness (QED) is 0.474. The number of rotatable bonds is 2. The van der Waals surface area contributed by atoms with Gasteiger partial charge in [0.25, 0.3) is 0 Å². The summed E-state index contributed by atoms with van der Waals surface area (Å²) in [6, 6.07) is 0. The van der Waals surface area contributed by atoms with E-state index in [0.717, 1.165) is 0 Å². The molecule has 1 heterocycles. The van der Waals surface area contributed by atoms with Crippen molar-refractivity contribution in [3.8, 4) is 0 Å². The molecule has 0 saturated carbocycles. The van der Waals surface area contributed by atoms with Crippen LogP contribution in [-0.4, -0.2) is 41.4 Å². The molecule has 0 amide bonds. The molecule has 0 aromatic carbocycles. The van der Waals surface area contributed by atoms with E-state index < -0.39 is 18.1 Å². The van der Waals surface area contributed by atoms with Crippen molar-refractivity contribution < 1.29 is 19.0 Å². The van der Waals surface area contributed by atoms with Crippen molar-refractivity contribution in [1.29, 1.82) is 0 Å². The van der Waals surface area contributed by atoms with Crippen LogP contribution in [0.25, 0.3) is 0 Å². The minimum absolute atomic E-state index is 0.152. The molecule has 3 N–H and O–H groups in total. The number of hydrogen-bond acceptors (Lipinski definition) is 3. The molecule has 0 unspecified atom stereocenters. The topological polar surface area (TPSA) is 52.5 Å². The van der Waals surface area contributed by atoms with Crippen LogP contribution in [0.15, 0.2) is 0 Å². The molecule has 1 saturated heterocycles. The Labute approximate surface area is 56.7 Å². The molecule has 10 heavy (non-hydrogen) atoms. The van der Waals surface area contributed by atoms with Crippen LogP contribution < -0.4 is 5.32 Å². The van der Waals surface area contributed by atoms with E-state index in [2.05, 4.69) is 5.32 Å². The second-order valence-electron chi connectivity index (χ2n) is 2.50. The number of hydrogen-bond donors (Lipinski definition) is 3. The number of β-amino-alcohol motifs (C(OH)–C–C–N with tert-alkyl or cyclic N) is 1. The highest BCUT2D eigenvalue weighted by Gasteiger charge is 2.55. The Hall–Kier alpha value is -0.260. The van der Waals surface area contributed by atoms with Crippen molar-refractivity contribution in [3.05, 3.63) is 0 Å². The average molecular weight is 153 g/mol. The van der Waals surface area contributed by atoms with E-state index in [1.807, 2.05) is 0 Å². The fourth-order valence-corrected chi connectivity index (χ4v) is 0.768. The van der Waals surface area contributed by atoms with Gasteiger partial charge in [0.1, 0.15) is 6.61 Å². The number of nitrogens with one attached hydrogen (secondary N) is 1. The van der Waals surface area contributed by atoms with Crippen LogP contribution in [0.2, 0.25) is 0 Å². The maximum Gasteiger partial charge on any atom is 0.301 e. The summed E-state index contributed by atoms with van der Waals surface area (Å²) >= 11 is 0. The Morgan fingerprint density at radius 1 is 1.50 bits per heavy atom. The van der Waals surface area contributed by atoms with Gasteiger partial charge in [-0.15, -0.1) is 0 Å². The predicted molar refractivity (Wildman–Crippen MR) is 29.9 cm³/mol. The average Bonchev–Trinajstić information content (AvgIpc) is 1.82. The fourth-order valence-electron chi connectivity index (χ4n) is 0.768. The normalized spacial score (nSPS) is 24.0. The molecular weight excluding hydrogens is 144 g/mol. The second kappa shape index (κ2) is 2.11. The standard InChI is InChI=1S/C5H9F2NO2/c6-5(7,3-9)4(10)1-8-2-4/h8-10H,1-3H2. The number of alkyl halides is 2. The van der Waals surface area contributed by atoms with Crippen molar-refractivity contribution in [2.45, 2.75) is 11.5 Å². The molecule has 1 aliphatic rings. The van der Waals surface area contributed by atoms with Crippen molar-refractivity contribution in [3.63, 3.8) is 0 Å². The lowest BCUT2D eigenvalue weighted by Gasteiger charge is -2.42. The van der Waals surface area contributed by atoms with Crippen LogP contribution in [-0.2, 0) is 0 Å². The van der Waals surface area contributed by atoms with Crippen LogP contribution in [0.4, 0.5) is 8.78 Å². The van der Waals surface area contributed by atoms with Gasteiger partial charge in [0, 0.05) is 13.1 Å². The van der Waals surface area contributed by atoms with Crippen LogP contribution >= 0.6 is 0 Å². The summed E-state index contributed by atoms with van der Waals surface area (Å²) in [5.41, 5.74) is -2.03. The summed E-state index contributed by atoms with van der Waals surface area (Å²) in [6.45, 7) is -1.60. The Morgan fingerprint density at radius 3 is 2.10 bits per heavy atom. The molecule has 0 atom stereocenters. The Morgan fingerprint density at radius 2 is 2.00 bits per heavy atom. The SMILES string of the molecule is OCC(F)(F)C1(O)CNC1. The smallest absolute Gasteiger partial charge is 0.301 e. The maximum atomic E-state index is 12.4. The van der Waals surface area contributed by atoms with E-state index in [1.165, 1.54) is 0 Å². The molecule has 3 nitrogen and oxygen atoms in total. The first-order valence-electron chi connectivity index (χ1n) is 2.94. The van der Waals surface area contributed by atoms with E-state index >= 15 is 0 Å². The predicted octanol–water partition coefficient (Wildman–Crippen LogP) is -1.05. The highest BCUT2D eigenvalue weighted by atomic mass is 19.3. The zero-order valence-corrected chi connectivity index (χ0v) is 5.27. The van der Waals surface area contributed by atoms with E-state index in [9.17, 15) is 8.78 Å². The van der Waals surface area contributed by atoms with Gasteiger partial charge in [-0.25, -0.2) is 8.78 Å². The molecular formula is C5H9F2NO2. The molecule has 0 radical (unpaired) electrons. The lowest BCUT2D eigenvalue weighted by molar-refractivity contribution is -0.218. The molecule has 0 spiro atoms. The Kier molecular flexibility index (Phi) is 1.66. The summed E-state index contributed by atoms with van der Waals surface area (Å²) < 4.78 is 24.9. The first-order chi connectivity index (χ1) is 4.52. The molecule has 1 rings (SSSR count). The van der Waals surface area contributed by atoms with Crippen molar-refractivity contribution in [2.75, 3.05) is 19.7 Å². The highest BCUT2D eigenvalue weighted by Crippen LogP contribution is 2.31. The first kappa shape index (κ1) is 7.84. The second-order valence-corrected chi connectivity index (χ2v) is 2.50. The highest BCUT2D eigenvalue weighted by molar-refractivity contribution is 5.03. The fraction of sp³-hybridized carbons (Fsp3) is 1.00. The monoisotopic (exact) mass is 153 g/mol. The summed E-state index contributed by atoms with van der Waals surface area (Å²) in [4.78, 5) is 0. The van der Waals surface area contributed by atoms with Gasteiger partial charge in [-0.2, -0.15) is 0 Å². The van der Waals surface area contributed by atoms with Gasteiger partial charge in [-0.3, -0.25) is 0 Å². The van der Waals surface area contributed by atoms with Gasteiger partial charge < -0.3 is 15.5 Å². The third-order valence-electron chi connectivity index (χ3n) is 1.71. The van der Waals surface area contributed by atoms with Crippen LogP contribution in [0, 0.1) is 0 Å². The molecule has 1 fully saturated rings. The number of halogens is 2. The molecule has 60 valence electrons. The van der Waals surface area contributed by atoms with Crippen LogP contribution in [0.5, 0.6) is 0 Å². The summed E-state index contributed by atoms with van der Waals surface area (Å²) in [5, 5.41) is 19.6. The summed E-state index contributed by atoms with van der Waals surface area (Å²) in [6.07, 6.45) is 0. The maximum absolute atomic E-state index is 12.4. The molecule has 0 aliphatic carbocycles. The van der Waals surface area contributed by atoms with E-state index in [4.69, 9.17) is 10.2 Å². The Bertz CT molecular complexity index is 126. The van der Waals surface area contributed by atoms with Gasteiger partial charge >= 0.3 is 5.92 Å². The summed E-state index contributed by atoms with van der Waals surface area (Å²) in [5.74, 6) is -3.38. The van der Waals surface area contributed by atoms with Crippen molar-refractivity contribution in [1.82, 2.24) is 5.32 Å². The van der Waals surface area contributed by atoms with Crippen LogP contribution in [0.1, 0.15) is 0 Å². The zero-order chi connectivity index (χ0) is 7.83. The summed E-state index contributed by atoms with van der Waals surface area (Å²) in [7, 11) is 0. The molecule has 0 bridgehead atoms. The van der Waals surface area contributed by atoms with Crippen LogP contribution in [0.3, 0.4) is 0 Å². The zero-order valence-electron chi connectivity index (χ0n) is 5.27. The molecule has 1 aliphatic heterocycles. The van der Waals surface area contributed by atoms with E-state index in [1.54, 1.807) is 0 Å². The third-order valence-corrected chi connectivity index (χ3v) is 1.71. The number of aliphatic hydroxyl groups is 2. The first-order valence-corrected chi connectivity index (χ1v) is 2.94. The lowest BCUT2D eigenvalue weighted by atomic mass is 9.90. The third kappa shape index (κ3) is 0.902. The van der Waals surface area contributed by atoms with Crippen molar-refractivity contribution in [2.24, 2.45) is 0 Å². The Balaban J connectivity index is 2.61. The lowest BCUT2D eigenvalue weighted by Crippen LogP contribution is -2.70. The minimum atomic E-state index is -3.38. The largest absolute Gasteiger partial charge is 0.390 e. The molecule has 0 aromatic rings. The van der Waals surface area contributed by atoms with E-state index in [-0.39, 0.29) is 13.1 Å². The van der Waals surface area contributed by atoms with Gasteiger partial charge in [-0.05, 0) is 0 Å². The molecule has 5 heteroatoms. The van der Waals surface area contributed by atoms with Gasteiger partial charge in [0.15, 0.2) is 5.60 Å². The van der Waals surface area contributed by atoms with Crippen molar-refractivity contribution >= 4 is 0 Å². The minimum Gasteiger partial charge on any atom is -0.390 e. The number of aliphatic hydroxyl groups excluding tert-OH is 1. The van der Waals surface area contributed by atoms with Gasteiger partial charge in [-0.1, -0.05) is 0 Å².